The predicted molar refractivity (Wildman–Crippen MR) is 0 cm³/mol. The van der Waals surface area contributed by atoms with Crippen LogP contribution in [0.5, 0.6) is 0 Å². The zero-order chi connectivity index (χ0) is 0. The zero-order valence-electron chi connectivity index (χ0n) is 2.72. The number of rotatable bonds is 0. The quantitative estimate of drug-likeness (QED) is 0.381. The molecule has 0 saturated carbocycles. The van der Waals surface area contributed by atoms with Gasteiger partial charge in [0.15, 0.2) is 0 Å². The van der Waals surface area contributed by atoms with Gasteiger partial charge >= 0.3 is 0 Å². The Bertz CT molecular complexity index is 4.14. The Morgan fingerprint density at radius 1 is 0.286 bits per heavy atom. The van der Waals surface area contributed by atoms with Crippen LogP contribution >= 0.6 is 0 Å². The SMILES string of the molecule is [F-].[F-].[F-].[F-].[F-].[F-].[Np]. The van der Waals surface area contributed by atoms with Crippen LogP contribution in [0.15, 0.2) is 0 Å². The van der Waals surface area contributed by atoms with Gasteiger partial charge in [0.1, 0.15) is 0 Å². The van der Waals surface area contributed by atoms with Gasteiger partial charge in [0, 0.05) is 29.9 Å². The maximum atomic E-state index is 0. The second kappa shape index (κ2) is 587. The zero-order valence-corrected chi connectivity index (χ0v) is 6.44. The van der Waals surface area contributed by atoms with Gasteiger partial charge in [-0.3, -0.25) is 0 Å². The minimum absolute atomic E-state index is 0. The van der Waals surface area contributed by atoms with Crippen molar-refractivity contribution in [3.63, 3.8) is 0 Å². The van der Waals surface area contributed by atoms with E-state index >= 15 is 0 Å². The van der Waals surface area contributed by atoms with Crippen LogP contribution in [0.1, 0.15) is 0 Å². The van der Waals surface area contributed by atoms with Crippen molar-refractivity contribution in [3.05, 3.63) is 0 Å². The van der Waals surface area contributed by atoms with E-state index in [4.69, 9.17) is 0 Å². The van der Waals surface area contributed by atoms with E-state index in [1.54, 1.807) is 0 Å². The van der Waals surface area contributed by atoms with Gasteiger partial charge < -0.3 is 28.2 Å². The van der Waals surface area contributed by atoms with E-state index in [9.17, 15) is 0 Å². The van der Waals surface area contributed by atoms with Crippen LogP contribution in [-0.4, -0.2) is 0 Å². The van der Waals surface area contributed by atoms with Crippen LogP contribution in [0.3, 0.4) is 0 Å². The summed E-state index contributed by atoms with van der Waals surface area (Å²) in [6.07, 6.45) is 0. The molecule has 0 fully saturated rings. The van der Waals surface area contributed by atoms with Gasteiger partial charge in [0.05, 0.1) is 0 Å². The van der Waals surface area contributed by atoms with Gasteiger partial charge in [-0.1, -0.05) is 0 Å². The molecule has 0 aliphatic rings. The molecule has 0 aromatic carbocycles. The Hall–Kier alpha value is 0.593. The molecule has 0 N–H and O–H groups in total. The summed E-state index contributed by atoms with van der Waals surface area (Å²) in [4.78, 5) is 0. The molecule has 0 atom stereocenters. The fraction of sp³-hybridized carbons (Fsp3) is 0. The van der Waals surface area contributed by atoms with E-state index < -0.39 is 0 Å². The maximum absolute atomic E-state index is 0. The summed E-state index contributed by atoms with van der Waals surface area (Å²) in [7, 11) is 0. The van der Waals surface area contributed by atoms with Crippen molar-refractivity contribution >= 4 is 0 Å². The van der Waals surface area contributed by atoms with Crippen LogP contribution in [0, 0.1) is 29.9 Å². The fourth-order valence-electron chi connectivity index (χ4n) is 0. The normalized spacial score (nSPS) is 0. The summed E-state index contributed by atoms with van der Waals surface area (Å²) in [5, 5.41) is 0. The molecule has 0 aliphatic heterocycles. The Morgan fingerprint density at radius 3 is 0.286 bits per heavy atom. The number of halogens is 6. The summed E-state index contributed by atoms with van der Waals surface area (Å²) < 4.78 is 0. The Kier molecular flexibility index (Phi) is 78600. The molecule has 0 spiro atoms. The average Bonchev–Trinajstić information content (AvgIpc) is 0. The second-order valence-corrected chi connectivity index (χ2v) is 0. The smallest absolute Gasteiger partial charge is 0 e. The molecule has 0 aromatic rings. The third-order valence-corrected chi connectivity index (χ3v) is 0. The van der Waals surface area contributed by atoms with Crippen molar-refractivity contribution < 1.29 is 58.2 Å². The summed E-state index contributed by atoms with van der Waals surface area (Å²) >= 11 is 0. The standard InChI is InChI=1S/6FH.Np/h6*1H;/p-6. The van der Waals surface area contributed by atoms with Crippen molar-refractivity contribution in [1.29, 1.82) is 0 Å². The Balaban J connectivity index is 0. The van der Waals surface area contributed by atoms with Crippen molar-refractivity contribution in [2.24, 2.45) is 0 Å². The van der Waals surface area contributed by atoms with E-state index in [2.05, 4.69) is 0 Å². The molecule has 1 radical (unpaired) electrons. The first-order valence-corrected chi connectivity index (χ1v) is 0. The molecule has 0 rings (SSSR count). The monoisotopic (exact) mass is 350 g/mol. The van der Waals surface area contributed by atoms with Gasteiger partial charge in [0.25, 0.3) is 0 Å². The largest absolute Gasteiger partial charge is 1.00 e. The van der Waals surface area contributed by atoms with Gasteiger partial charge in [-0.2, -0.15) is 0 Å². The molecule has 0 aromatic heterocycles. The van der Waals surface area contributed by atoms with Gasteiger partial charge in [-0.15, -0.1) is 0 Å². The van der Waals surface area contributed by atoms with Crippen LogP contribution in [0.2, 0.25) is 0 Å². The van der Waals surface area contributed by atoms with Crippen molar-refractivity contribution in [2.45, 2.75) is 0 Å². The second-order valence-electron chi connectivity index (χ2n) is 0. The Labute approximate surface area is 58.5 Å². The topological polar surface area (TPSA) is 0 Å². The molecule has 0 aliphatic carbocycles. The summed E-state index contributed by atoms with van der Waals surface area (Å²) in [6.45, 7) is 0. The number of hydrogen-bond donors (Lipinski definition) is 0. The van der Waals surface area contributed by atoms with Crippen LogP contribution < -0.4 is 28.2 Å². The molecule has 7 heteroatoms. The van der Waals surface area contributed by atoms with Crippen molar-refractivity contribution in [1.82, 2.24) is 0 Å². The molecule has 7 heavy (non-hydrogen) atoms. The van der Waals surface area contributed by atoms with E-state index in [-0.39, 0.29) is 58.2 Å². The summed E-state index contributed by atoms with van der Waals surface area (Å²) in [5.41, 5.74) is 0. The number of hydrogen-bond acceptors (Lipinski definition) is 0. The van der Waals surface area contributed by atoms with Crippen molar-refractivity contribution in [2.75, 3.05) is 0 Å². The molecular weight excluding hydrogens is 351 g/mol. The molecule has 0 heterocycles. The van der Waals surface area contributed by atoms with E-state index in [1.165, 1.54) is 0 Å². The van der Waals surface area contributed by atoms with Gasteiger partial charge in [0.2, 0.25) is 0 Å². The predicted octanol–water partition coefficient (Wildman–Crippen LogP) is -18.0. The first-order valence-electron chi connectivity index (χ1n) is 0. The first kappa shape index (κ1) is 939. The summed E-state index contributed by atoms with van der Waals surface area (Å²) in [6, 6.07) is 0. The van der Waals surface area contributed by atoms with Crippen LogP contribution in [0.4, 0.5) is 0 Å². The van der Waals surface area contributed by atoms with E-state index in [0.717, 1.165) is 0 Å². The maximum Gasteiger partial charge on any atom is 0 e. The van der Waals surface area contributed by atoms with Gasteiger partial charge in [-0.25, -0.2) is 0 Å². The van der Waals surface area contributed by atoms with Crippen LogP contribution in [0.25, 0.3) is 0 Å². The molecule has 0 saturated heterocycles. The minimum atomic E-state index is 0. The van der Waals surface area contributed by atoms with E-state index in [0.29, 0.717) is 0 Å². The third-order valence-electron chi connectivity index (χ3n) is 0. The minimum Gasteiger partial charge on any atom is -1.00 e. The average molecular weight is 351 g/mol. The van der Waals surface area contributed by atoms with Gasteiger partial charge in [-0.05, 0) is 0 Å². The first-order chi connectivity index (χ1) is 0. The summed E-state index contributed by atoms with van der Waals surface area (Å²) in [5.74, 6) is 0. The molecule has 0 amide bonds. The fourth-order valence-corrected chi connectivity index (χ4v) is 0. The Morgan fingerprint density at radius 2 is 0.286 bits per heavy atom. The molecule has 0 nitrogen and oxygen atoms in total. The molecular formula is F6Np-6. The molecule has 0 bridgehead atoms. The van der Waals surface area contributed by atoms with E-state index in [1.807, 2.05) is 0 Å². The third kappa shape index (κ3) is 396. The van der Waals surface area contributed by atoms with Crippen molar-refractivity contribution in [3.8, 4) is 0 Å². The van der Waals surface area contributed by atoms with Crippen LogP contribution in [-0.2, 0) is 0 Å². The molecule has 0 unspecified atom stereocenters. The molecule has 53 valence electrons.